The molecular weight excluding hydrogens is 290 g/mol. The van der Waals surface area contributed by atoms with Crippen LogP contribution >= 0.6 is 0 Å². The first kappa shape index (κ1) is 17.2. The van der Waals surface area contributed by atoms with Crippen molar-refractivity contribution in [1.29, 1.82) is 0 Å². The van der Waals surface area contributed by atoms with E-state index < -0.39 is 0 Å². The number of rotatable bonds is 7. The lowest BCUT2D eigenvalue weighted by atomic mass is 9.96. The van der Waals surface area contributed by atoms with Gasteiger partial charge in [-0.2, -0.15) is 0 Å². The molecule has 0 unspecified atom stereocenters. The molecule has 0 spiro atoms. The summed E-state index contributed by atoms with van der Waals surface area (Å²) in [6.07, 6.45) is 0.349. The molecule has 0 radical (unpaired) electrons. The molecule has 0 bridgehead atoms. The second kappa shape index (κ2) is 8.46. The fraction of sp³-hybridized carbons (Fsp3) is 0.316. The summed E-state index contributed by atoms with van der Waals surface area (Å²) in [7, 11) is 0. The van der Waals surface area contributed by atoms with E-state index in [1.54, 1.807) is 0 Å². The van der Waals surface area contributed by atoms with Crippen molar-refractivity contribution in [1.82, 2.24) is 5.32 Å². The summed E-state index contributed by atoms with van der Waals surface area (Å²) >= 11 is 0. The van der Waals surface area contributed by atoms with Crippen LogP contribution in [0, 0.1) is 0 Å². The number of amides is 1. The Bertz CT molecular complexity index is 610. The van der Waals surface area contributed by atoms with Gasteiger partial charge >= 0.3 is 0 Å². The van der Waals surface area contributed by atoms with Gasteiger partial charge < -0.3 is 15.5 Å². The van der Waals surface area contributed by atoms with Crippen LogP contribution in [0.2, 0.25) is 0 Å². The minimum atomic E-state index is -0.382. The zero-order valence-electron chi connectivity index (χ0n) is 13.3. The molecule has 4 nitrogen and oxygen atoms in total. The highest BCUT2D eigenvalue weighted by molar-refractivity contribution is 5.77. The zero-order chi connectivity index (χ0) is 16.7. The lowest BCUT2D eigenvalue weighted by molar-refractivity contribution is -0.122. The van der Waals surface area contributed by atoms with Crippen LogP contribution in [0.1, 0.15) is 42.0 Å². The molecule has 0 aliphatic rings. The molecule has 0 aliphatic heterocycles. The Morgan fingerprint density at radius 2 is 1.65 bits per heavy atom. The van der Waals surface area contributed by atoms with Gasteiger partial charge in [0.2, 0.25) is 5.91 Å². The Morgan fingerprint density at radius 3 is 2.22 bits per heavy atom. The van der Waals surface area contributed by atoms with Crippen LogP contribution in [0.4, 0.5) is 0 Å². The zero-order valence-corrected chi connectivity index (χ0v) is 13.3. The average Bonchev–Trinajstić information content (AvgIpc) is 2.60. The quantitative estimate of drug-likeness (QED) is 0.735. The molecule has 4 heteroatoms. The van der Waals surface area contributed by atoms with Gasteiger partial charge in [-0.1, -0.05) is 61.5 Å². The Labute approximate surface area is 136 Å². The average molecular weight is 313 g/mol. The predicted octanol–water partition coefficient (Wildman–Crippen LogP) is 2.52. The summed E-state index contributed by atoms with van der Waals surface area (Å²) in [6, 6.07) is 16.7. The Hall–Kier alpha value is -2.17. The third-order valence-corrected chi connectivity index (χ3v) is 3.94. The smallest absolute Gasteiger partial charge is 0.221 e. The summed E-state index contributed by atoms with van der Waals surface area (Å²) in [5, 5.41) is 21.4. The first-order valence-electron chi connectivity index (χ1n) is 7.79. The number of nitrogens with one attached hydrogen (secondary N) is 1. The van der Waals surface area contributed by atoms with Crippen LogP contribution in [0.5, 0.6) is 0 Å². The Balaban J connectivity index is 1.94. The lowest BCUT2D eigenvalue weighted by Crippen LogP contribution is -2.31. The molecule has 2 atom stereocenters. The highest BCUT2D eigenvalue weighted by Crippen LogP contribution is 2.20. The maximum atomic E-state index is 12.2. The van der Waals surface area contributed by atoms with Crippen molar-refractivity contribution in [2.45, 2.75) is 31.9 Å². The summed E-state index contributed by atoms with van der Waals surface area (Å²) in [5.41, 5.74) is 2.80. The van der Waals surface area contributed by atoms with E-state index >= 15 is 0 Å². The SMILES string of the molecule is C[C@@H](CC(=O)N[C@@H](CO)c1ccccc1)c1ccc(CO)cc1. The molecular formula is C19H23NO3. The monoisotopic (exact) mass is 313 g/mol. The van der Waals surface area contributed by atoms with Crippen LogP contribution in [-0.4, -0.2) is 22.7 Å². The number of carbonyl (C=O) groups excluding carboxylic acids is 1. The highest BCUT2D eigenvalue weighted by Gasteiger charge is 2.16. The highest BCUT2D eigenvalue weighted by atomic mass is 16.3. The van der Waals surface area contributed by atoms with Crippen molar-refractivity contribution in [2.75, 3.05) is 6.61 Å². The van der Waals surface area contributed by atoms with Crippen LogP contribution in [-0.2, 0) is 11.4 Å². The fourth-order valence-corrected chi connectivity index (χ4v) is 2.52. The number of hydrogen-bond acceptors (Lipinski definition) is 3. The van der Waals surface area contributed by atoms with Gasteiger partial charge in [-0.05, 0) is 22.6 Å². The molecule has 23 heavy (non-hydrogen) atoms. The summed E-state index contributed by atoms with van der Waals surface area (Å²) < 4.78 is 0. The Kier molecular flexibility index (Phi) is 6.32. The van der Waals surface area contributed by atoms with Crippen molar-refractivity contribution in [3.8, 4) is 0 Å². The molecule has 2 rings (SSSR count). The molecule has 0 aliphatic carbocycles. The van der Waals surface area contributed by atoms with Gasteiger partial charge in [-0.3, -0.25) is 4.79 Å². The van der Waals surface area contributed by atoms with Gasteiger partial charge in [0.05, 0.1) is 19.3 Å². The van der Waals surface area contributed by atoms with Gasteiger partial charge in [-0.25, -0.2) is 0 Å². The van der Waals surface area contributed by atoms with Crippen LogP contribution < -0.4 is 5.32 Å². The minimum Gasteiger partial charge on any atom is -0.394 e. The molecule has 0 aromatic heterocycles. The van der Waals surface area contributed by atoms with E-state index in [1.165, 1.54) is 0 Å². The van der Waals surface area contributed by atoms with Gasteiger partial charge in [0.25, 0.3) is 0 Å². The summed E-state index contributed by atoms with van der Waals surface area (Å²) in [4.78, 5) is 12.2. The number of aliphatic hydroxyl groups excluding tert-OH is 2. The summed E-state index contributed by atoms with van der Waals surface area (Å²) in [5.74, 6) is -0.0236. The molecule has 3 N–H and O–H groups in total. The Morgan fingerprint density at radius 1 is 1.00 bits per heavy atom. The van der Waals surface area contributed by atoms with Crippen molar-refractivity contribution in [3.63, 3.8) is 0 Å². The van der Waals surface area contributed by atoms with E-state index in [-0.39, 0.29) is 31.1 Å². The molecule has 2 aromatic rings. The minimum absolute atomic E-state index is 0.0183. The molecule has 122 valence electrons. The second-order valence-electron chi connectivity index (χ2n) is 5.72. The van der Waals surface area contributed by atoms with Crippen molar-refractivity contribution >= 4 is 5.91 Å². The van der Waals surface area contributed by atoms with E-state index in [2.05, 4.69) is 5.32 Å². The van der Waals surface area contributed by atoms with Gasteiger partial charge in [0.1, 0.15) is 0 Å². The van der Waals surface area contributed by atoms with Crippen LogP contribution in [0.3, 0.4) is 0 Å². The van der Waals surface area contributed by atoms with Crippen molar-refractivity contribution in [3.05, 3.63) is 71.3 Å². The van der Waals surface area contributed by atoms with E-state index in [0.29, 0.717) is 6.42 Å². The number of benzene rings is 2. The molecule has 0 fully saturated rings. The third kappa shape index (κ3) is 4.91. The maximum absolute atomic E-state index is 12.2. The van der Waals surface area contributed by atoms with Gasteiger partial charge in [-0.15, -0.1) is 0 Å². The topological polar surface area (TPSA) is 69.6 Å². The van der Waals surface area contributed by atoms with Crippen LogP contribution in [0.15, 0.2) is 54.6 Å². The number of hydrogen-bond donors (Lipinski definition) is 3. The van der Waals surface area contributed by atoms with E-state index in [4.69, 9.17) is 5.11 Å². The normalized spacial score (nSPS) is 13.3. The van der Waals surface area contributed by atoms with Crippen molar-refractivity contribution < 1.29 is 15.0 Å². The summed E-state index contributed by atoms with van der Waals surface area (Å²) in [6.45, 7) is 1.88. The second-order valence-corrected chi connectivity index (χ2v) is 5.72. The van der Waals surface area contributed by atoms with E-state index in [9.17, 15) is 9.90 Å². The third-order valence-electron chi connectivity index (χ3n) is 3.94. The number of aliphatic hydroxyl groups is 2. The van der Waals surface area contributed by atoms with E-state index in [0.717, 1.165) is 16.7 Å². The lowest BCUT2D eigenvalue weighted by Gasteiger charge is -2.18. The van der Waals surface area contributed by atoms with Crippen molar-refractivity contribution in [2.24, 2.45) is 0 Å². The predicted molar refractivity (Wildman–Crippen MR) is 89.8 cm³/mol. The van der Waals surface area contributed by atoms with E-state index in [1.807, 2.05) is 61.5 Å². The first-order chi connectivity index (χ1) is 11.1. The van der Waals surface area contributed by atoms with Crippen LogP contribution in [0.25, 0.3) is 0 Å². The molecule has 0 saturated heterocycles. The molecule has 0 heterocycles. The molecule has 1 amide bonds. The molecule has 2 aromatic carbocycles. The largest absolute Gasteiger partial charge is 0.394 e. The van der Waals surface area contributed by atoms with Gasteiger partial charge in [0, 0.05) is 6.42 Å². The number of carbonyl (C=O) groups is 1. The standard InChI is InChI=1S/C19H23NO3/c1-14(16-9-7-15(12-21)8-10-16)11-19(23)20-18(13-22)17-5-3-2-4-6-17/h2-10,14,18,21-22H,11-13H2,1H3,(H,20,23)/t14-,18-/m0/s1. The molecule has 0 saturated carbocycles. The van der Waals surface area contributed by atoms with Gasteiger partial charge in [0.15, 0.2) is 0 Å². The maximum Gasteiger partial charge on any atom is 0.221 e. The fourth-order valence-electron chi connectivity index (χ4n) is 2.52. The first-order valence-corrected chi connectivity index (χ1v) is 7.79.